The van der Waals surface area contributed by atoms with Crippen LogP contribution in [0.15, 0.2) is 18.2 Å². The molecule has 2 amide bonds. The lowest BCUT2D eigenvalue weighted by molar-refractivity contribution is -0.127. The van der Waals surface area contributed by atoms with Crippen LogP contribution in [0.3, 0.4) is 0 Å². The average molecular weight is 309 g/mol. The normalized spacial score (nSPS) is 12.1. The van der Waals surface area contributed by atoms with Gasteiger partial charge in [0.1, 0.15) is 5.82 Å². The molecule has 6 heteroatoms. The second-order valence-electron chi connectivity index (χ2n) is 5.66. The lowest BCUT2D eigenvalue weighted by Crippen LogP contribution is -2.47. The molecule has 0 heterocycles. The topological polar surface area (TPSA) is 84.2 Å². The molecule has 0 saturated carbocycles. The van der Waals surface area contributed by atoms with E-state index in [-0.39, 0.29) is 30.1 Å². The summed E-state index contributed by atoms with van der Waals surface area (Å²) < 4.78 is 13.0. The molecule has 0 aliphatic carbocycles. The van der Waals surface area contributed by atoms with Crippen molar-refractivity contribution in [2.45, 2.75) is 33.2 Å². The van der Waals surface area contributed by atoms with Gasteiger partial charge in [0.2, 0.25) is 11.8 Å². The quantitative estimate of drug-likeness (QED) is 0.699. The Kier molecular flexibility index (Phi) is 6.98. The first-order valence-corrected chi connectivity index (χ1v) is 7.36. The van der Waals surface area contributed by atoms with Crippen molar-refractivity contribution in [2.75, 3.05) is 13.1 Å². The molecule has 0 fully saturated rings. The predicted octanol–water partition coefficient (Wildman–Crippen LogP) is 0.892. The van der Waals surface area contributed by atoms with Gasteiger partial charge in [0.15, 0.2) is 0 Å². The summed E-state index contributed by atoms with van der Waals surface area (Å²) in [6.07, 6.45) is 0.608. The van der Waals surface area contributed by atoms with Gasteiger partial charge in [-0.05, 0) is 42.5 Å². The fraction of sp³-hybridized carbons (Fsp3) is 0.500. The van der Waals surface area contributed by atoms with Crippen LogP contribution in [-0.4, -0.2) is 30.9 Å². The van der Waals surface area contributed by atoms with Crippen LogP contribution in [0.25, 0.3) is 0 Å². The molecule has 1 rings (SSSR count). The third-order valence-corrected chi connectivity index (χ3v) is 3.47. The van der Waals surface area contributed by atoms with Crippen LogP contribution in [0, 0.1) is 18.7 Å². The Balaban J connectivity index is 2.30. The molecule has 5 nitrogen and oxygen atoms in total. The van der Waals surface area contributed by atoms with Crippen LogP contribution < -0.4 is 16.4 Å². The fourth-order valence-corrected chi connectivity index (χ4v) is 1.93. The summed E-state index contributed by atoms with van der Waals surface area (Å²) in [4.78, 5) is 23.3. The van der Waals surface area contributed by atoms with Crippen LogP contribution in [0.1, 0.15) is 25.0 Å². The van der Waals surface area contributed by atoms with Crippen LogP contribution in [0.5, 0.6) is 0 Å². The van der Waals surface area contributed by atoms with Crippen LogP contribution in [-0.2, 0) is 16.0 Å². The molecule has 22 heavy (non-hydrogen) atoms. The molecule has 0 saturated heterocycles. The third kappa shape index (κ3) is 5.81. The highest BCUT2D eigenvalue weighted by atomic mass is 19.1. The molecular weight excluding hydrogens is 285 g/mol. The van der Waals surface area contributed by atoms with Crippen molar-refractivity contribution in [3.05, 3.63) is 35.1 Å². The maximum absolute atomic E-state index is 13.0. The molecule has 0 aliphatic heterocycles. The van der Waals surface area contributed by atoms with Gasteiger partial charge >= 0.3 is 0 Å². The number of halogens is 1. The zero-order valence-electron chi connectivity index (χ0n) is 13.3. The van der Waals surface area contributed by atoms with Crippen LogP contribution in [0.4, 0.5) is 4.39 Å². The Morgan fingerprint density at radius 2 is 1.95 bits per heavy atom. The lowest BCUT2D eigenvalue weighted by atomic mass is 10.1. The summed E-state index contributed by atoms with van der Waals surface area (Å²) >= 11 is 0. The molecule has 1 aromatic carbocycles. The van der Waals surface area contributed by atoms with E-state index in [0.717, 1.165) is 11.1 Å². The Bertz CT molecular complexity index is 532. The van der Waals surface area contributed by atoms with E-state index in [1.54, 1.807) is 6.07 Å². The van der Waals surface area contributed by atoms with Gasteiger partial charge < -0.3 is 16.4 Å². The number of carbonyl (C=O) groups is 2. The summed E-state index contributed by atoms with van der Waals surface area (Å²) in [7, 11) is 0. The van der Waals surface area contributed by atoms with Crippen molar-refractivity contribution in [3.8, 4) is 0 Å². The summed E-state index contributed by atoms with van der Waals surface area (Å²) in [6.45, 7) is 5.84. The van der Waals surface area contributed by atoms with E-state index < -0.39 is 6.04 Å². The maximum Gasteiger partial charge on any atom is 0.239 e. The fourth-order valence-electron chi connectivity index (χ4n) is 1.93. The third-order valence-electron chi connectivity index (χ3n) is 3.47. The predicted molar refractivity (Wildman–Crippen MR) is 83.7 cm³/mol. The van der Waals surface area contributed by atoms with Gasteiger partial charge in [-0.2, -0.15) is 0 Å². The standard InChI is InChI=1S/C16H24FN3O2/c1-10(2)15(18)16(22)20-9-14(21)19-7-6-12-4-5-13(17)8-11(12)3/h4-5,8,10,15H,6-7,9,18H2,1-3H3,(H,19,21)(H,20,22)/t15-/m0/s1. The molecule has 0 bridgehead atoms. The molecule has 0 radical (unpaired) electrons. The number of rotatable bonds is 7. The van der Waals surface area contributed by atoms with Crippen LogP contribution in [0.2, 0.25) is 0 Å². The van der Waals surface area contributed by atoms with Gasteiger partial charge in [0.05, 0.1) is 12.6 Å². The summed E-state index contributed by atoms with van der Waals surface area (Å²) in [6, 6.07) is 3.96. The number of amides is 2. The van der Waals surface area contributed by atoms with Crippen molar-refractivity contribution < 1.29 is 14.0 Å². The minimum Gasteiger partial charge on any atom is -0.354 e. The first kappa shape index (κ1) is 18.1. The van der Waals surface area contributed by atoms with Crippen LogP contribution >= 0.6 is 0 Å². The molecule has 4 N–H and O–H groups in total. The van der Waals surface area contributed by atoms with Crippen molar-refractivity contribution in [1.29, 1.82) is 0 Å². The van der Waals surface area contributed by atoms with E-state index in [2.05, 4.69) is 10.6 Å². The summed E-state index contributed by atoms with van der Waals surface area (Å²) in [5.41, 5.74) is 7.51. The first-order chi connectivity index (χ1) is 10.3. The monoisotopic (exact) mass is 309 g/mol. The summed E-state index contributed by atoms with van der Waals surface area (Å²) in [5.74, 6) is -0.859. The van der Waals surface area contributed by atoms with Gasteiger partial charge in [0, 0.05) is 6.54 Å². The van der Waals surface area contributed by atoms with Gasteiger partial charge in [0.25, 0.3) is 0 Å². The summed E-state index contributed by atoms with van der Waals surface area (Å²) in [5, 5.41) is 5.21. The molecule has 1 aromatic rings. The number of nitrogens with two attached hydrogens (primary N) is 1. The number of benzene rings is 1. The molecule has 122 valence electrons. The SMILES string of the molecule is Cc1cc(F)ccc1CCNC(=O)CNC(=O)[C@@H](N)C(C)C. The molecular formula is C16H24FN3O2. The highest BCUT2D eigenvalue weighted by Gasteiger charge is 2.17. The van der Waals surface area contributed by atoms with Crippen molar-refractivity contribution in [1.82, 2.24) is 10.6 Å². The number of hydrogen-bond donors (Lipinski definition) is 3. The zero-order valence-corrected chi connectivity index (χ0v) is 13.3. The minimum absolute atomic E-state index is 0.0181. The van der Waals surface area contributed by atoms with Crippen molar-refractivity contribution in [2.24, 2.45) is 11.7 Å². The number of hydrogen-bond acceptors (Lipinski definition) is 3. The van der Waals surface area contributed by atoms with Gasteiger partial charge in [-0.1, -0.05) is 19.9 Å². The van der Waals surface area contributed by atoms with Crippen molar-refractivity contribution in [3.63, 3.8) is 0 Å². The molecule has 0 spiro atoms. The number of nitrogens with one attached hydrogen (secondary N) is 2. The van der Waals surface area contributed by atoms with Gasteiger partial charge in [-0.15, -0.1) is 0 Å². The van der Waals surface area contributed by atoms with E-state index in [9.17, 15) is 14.0 Å². The molecule has 0 aromatic heterocycles. The first-order valence-electron chi connectivity index (χ1n) is 7.36. The van der Waals surface area contributed by atoms with Crippen molar-refractivity contribution >= 4 is 11.8 Å². The van der Waals surface area contributed by atoms with Gasteiger partial charge in [-0.25, -0.2) is 4.39 Å². The average Bonchev–Trinajstić information content (AvgIpc) is 2.46. The largest absolute Gasteiger partial charge is 0.354 e. The Labute approximate surface area is 130 Å². The molecule has 0 aliphatic rings. The maximum atomic E-state index is 13.0. The zero-order chi connectivity index (χ0) is 16.7. The Hall–Kier alpha value is -1.95. The van der Waals surface area contributed by atoms with E-state index in [1.807, 2.05) is 20.8 Å². The molecule has 1 atom stereocenters. The van der Waals surface area contributed by atoms with E-state index in [4.69, 9.17) is 5.73 Å². The minimum atomic E-state index is -0.616. The smallest absolute Gasteiger partial charge is 0.239 e. The second kappa shape index (κ2) is 8.48. The number of aryl methyl sites for hydroxylation is 1. The Morgan fingerprint density at radius 3 is 2.55 bits per heavy atom. The van der Waals surface area contributed by atoms with E-state index >= 15 is 0 Å². The van der Waals surface area contributed by atoms with E-state index in [0.29, 0.717) is 13.0 Å². The number of carbonyl (C=O) groups excluding carboxylic acids is 2. The van der Waals surface area contributed by atoms with E-state index in [1.165, 1.54) is 12.1 Å². The molecule has 0 unspecified atom stereocenters. The highest BCUT2D eigenvalue weighted by Crippen LogP contribution is 2.10. The Morgan fingerprint density at radius 1 is 1.27 bits per heavy atom. The lowest BCUT2D eigenvalue weighted by Gasteiger charge is -2.15. The second-order valence-corrected chi connectivity index (χ2v) is 5.66. The highest BCUT2D eigenvalue weighted by molar-refractivity contribution is 5.87. The van der Waals surface area contributed by atoms with Gasteiger partial charge in [-0.3, -0.25) is 9.59 Å².